The topological polar surface area (TPSA) is 27.6 Å². The van der Waals surface area contributed by atoms with Gasteiger partial charge in [0.05, 0.1) is 12.6 Å². The lowest BCUT2D eigenvalue weighted by molar-refractivity contribution is 0.209. The molecule has 0 aromatic heterocycles. The Kier molecular flexibility index (Phi) is 5.12. The molecule has 0 aromatic carbocycles. The predicted octanol–water partition coefficient (Wildman–Crippen LogP) is 3.26. The van der Waals surface area contributed by atoms with Crippen LogP contribution >= 0.6 is 0 Å². The van der Waals surface area contributed by atoms with Crippen molar-refractivity contribution < 1.29 is 0 Å². The molecule has 2 aliphatic rings. The van der Waals surface area contributed by atoms with Crippen LogP contribution in [-0.4, -0.2) is 36.0 Å². The molecule has 0 saturated carbocycles. The van der Waals surface area contributed by atoms with E-state index < -0.39 is 0 Å². The molecular formula is C16H31N3. The van der Waals surface area contributed by atoms with E-state index in [1.165, 1.54) is 44.6 Å². The summed E-state index contributed by atoms with van der Waals surface area (Å²) in [7, 11) is 0. The third-order valence-electron chi connectivity index (χ3n) is 4.46. The van der Waals surface area contributed by atoms with E-state index in [-0.39, 0.29) is 0 Å². The molecule has 0 amide bonds. The highest BCUT2D eigenvalue weighted by atomic mass is 15.4. The summed E-state index contributed by atoms with van der Waals surface area (Å²) in [6, 6.07) is 1.23. The fourth-order valence-electron chi connectivity index (χ4n) is 3.19. The van der Waals surface area contributed by atoms with Crippen LogP contribution in [0.4, 0.5) is 0 Å². The first-order valence-electron chi connectivity index (χ1n) is 8.14. The lowest BCUT2D eigenvalue weighted by Crippen LogP contribution is -2.50. The van der Waals surface area contributed by atoms with E-state index >= 15 is 0 Å². The Bertz CT molecular complexity index is 311. The molecule has 0 aliphatic carbocycles. The molecule has 2 rings (SSSR count). The van der Waals surface area contributed by atoms with Crippen LogP contribution in [0.5, 0.6) is 0 Å². The summed E-state index contributed by atoms with van der Waals surface area (Å²) in [5.74, 6) is 2.81. The summed E-state index contributed by atoms with van der Waals surface area (Å²) in [6.45, 7) is 11.5. The van der Waals surface area contributed by atoms with E-state index in [4.69, 9.17) is 4.99 Å². The fraction of sp³-hybridized carbons (Fsp3) is 0.938. The highest BCUT2D eigenvalue weighted by molar-refractivity contribution is 5.82. The second-order valence-corrected chi connectivity index (χ2v) is 7.02. The average molecular weight is 265 g/mol. The molecule has 0 bridgehead atoms. The minimum absolute atomic E-state index is 0.550. The van der Waals surface area contributed by atoms with Gasteiger partial charge in [0, 0.05) is 12.6 Å². The molecular weight excluding hydrogens is 234 g/mol. The Morgan fingerprint density at radius 3 is 2.79 bits per heavy atom. The van der Waals surface area contributed by atoms with E-state index in [0.29, 0.717) is 12.1 Å². The lowest BCUT2D eigenvalue weighted by atomic mass is 9.95. The number of fused-ring (bicyclic) bond motifs is 1. The van der Waals surface area contributed by atoms with Crippen molar-refractivity contribution in [3.05, 3.63) is 0 Å². The third kappa shape index (κ3) is 4.12. The van der Waals surface area contributed by atoms with Gasteiger partial charge in [0.25, 0.3) is 0 Å². The van der Waals surface area contributed by atoms with Gasteiger partial charge in [0.1, 0.15) is 0 Å². The van der Waals surface area contributed by atoms with Crippen molar-refractivity contribution in [1.82, 2.24) is 10.2 Å². The van der Waals surface area contributed by atoms with Crippen LogP contribution in [0.2, 0.25) is 0 Å². The third-order valence-corrected chi connectivity index (χ3v) is 4.46. The molecule has 0 aromatic rings. The van der Waals surface area contributed by atoms with E-state index in [9.17, 15) is 0 Å². The van der Waals surface area contributed by atoms with Gasteiger partial charge < -0.3 is 10.2 Å². The molecule has 3 heteroatoms. The number of guanidine groups is 1. The van der Waals surface area contributed by atoms with Crippen LogP contribution in [-0.2, 0) is 0 Å². The second kappa shape index (κ2) is 6.62. The van der Waals surface area contributed by atoms with Crippen molar-refractivity contribution in [3.8, 4) is 0 Å². The van der Waals surface area contributed by atoms with E-state index in [0.717, 1.165) is 18.4 Å². The van der Waals surface area contributed by atoms with Crippen LogP contribution in [0, 0.1) is 11.8 Å². The number of hydrogen-bond acceptors (Lipinski definition) is 3. The summed E-state index contributed by atoms with van der Waals surface area (Å²) < 4.78 is 0. The Balaban J connectivity index is 1.76. The summed E-state index contributed by atoms with van der Waals surface area (Å²) >= 11 is 0. The molecule has 0 radical (unpaired) electrons. The Morgan fingerprint density at radius 2 is 2.05 bits per heavy atom. The first-order valence-corrected chi connectivity index (χ1v) is 8.14. The predicted molar refractivity (Wildman–Crippen MR) is 82.5 cm³/mol. The zero-order valence-electron chi connectivity index (χ0n) is 13.2. The molecule has 1 fully saturated rings. The largest absolute Gasteiger partial charge is 0.354 e. The van der Waals surface area contributed by atoms with Crippen molar-refractivity contribution in [3.63, 3.8) is 0 Å². The monoisotopic (exact) mass is 265 g/mol. The minimum Gasteiger partial charge on any atom is -0.354 e. The maximum atomic E-state index is 4.73. The van der Waals surface area contributed by atoms with Crippen LogP contribution < -0.4 is 5.32 Å². The van der Waals surface area contributed by atoms with Gasteiger partial charge in [-0.1, -0.05) is 33.6 Å². The van der Waals surface area contributed by atoms with Crippen LogP contribution in [0.15, 0.2) is 4.99 Å². The molecule has 3 unspecified atom stereocenters. The summed E-state index contributed by atoms with van der Waals surface area (Å²) in [4.78, 5) is 7.25. The SMILES string of the molecule is CC(C)CCCC(C)NC1=NCC2CCC(C)CN12. The maximum absolute atomic E-state index is 4.73. The van der Waals surface area contributed by atoms with Crippen molar-refractivity contribution >= 4 is 5.96 Å². The quantitative estimate of drug-likeness (QED) is 0.826. The van der Waals surface area contributed by atoms with E-state index in [2.05, 4.69) is 37.9 Å². The summed E-state index contributed by atoms with van der Waals surface area (Å²) in [5.41, 5.74) is 0. The van der Waals surface area contributed by atoms with Gasteiger partial charge in [0.2, 0.25) is 0 Å². The molecule has 3 nitrogen and oxygen atoms in total. The summed E-state index contributed by atoms with van der Waals surface area (Å²) in [5, 5.41) is 3.65. The highest BCUT2D eigenvalue weighted by Crippen LogP contribution is 2.25. The van der Waals surface area contributed by atoms with Gasteiger partial charge in [0.15, 0.2) is 5.96 Å². The van der Waals surface area contributed by atoms with Gasteiger partial charge in [-0.2, -0.15) is 0 Å². The van der Waals surface area contributed by atoms with E-state index in [1.54, 1.807) is 0 Å². The van der Waals surface area contributed by atoms with Gasteiger partial charge >= 0.3 is 0 Å². The lowest BCUT2D eigenvalue weighted by Gasteiger charge is -2.36. The highest BCUT2D eigenvalue weighted by Gasteiger charge is 2.32. The molecule has 2 heterocycles. The standard InChI is InChI=1S/C16H31N3/c1-12(2)6-5-7-14(4)18-16-17-10-15-9-8-13(3)11-19(15)16/h12-15H,5-11H2,1-4H3,(H,17,18). The zero-order valence-corrected chi connectivity index (χ0v) is 13.2. The molecule has 1 saturated heterocycles. The molecule has 19 heavy (non-hydrogen) atoms. The molecule has 1 N–H and O–H groups in total. The number of nitrogens with zero attached hydrogens (tertiary/aromatic N) is 2. The molecule has 110 valence electrons. The summed E-state index contributed by atoms with van der Waals surface area (Å²) in [6.07, 6.45) is 6.59. The van der Waals surface area contributed by atoms with Gasteiger partial charge in [-0.25, -0.2) is 0 Å². The fourth-order valence-corrected chi connectivity index (χ4v) is 3.19. The van der Waals surface area contributed by atoms with Gasteiger partial charge in [-0.05, 0) is 38.0 Å². The van der Waals surface area contributed by atoms with Crippen molar-refractivity contribution in [2.45, 2.75) is 71.9 Å². The van der Waals surface area contributed by atoms with Crippen molar-refractivity contribution in [2.75, 3.05) is 13.1 Å². The smallest absolute Gasteiger partial charge is 0.194 e. The van der Waals surface area contributed by atoms with Crippen LogP contribution in [0.25, 0.3) is 0 Å². The van der Waals surface area contributed by atoms with Gasteiger partial charge in [-0.3, -0.25) is 4.99 Å². The van der Waals surface area contributed by atoms with Crippen molar-refractivity contribution in [2.24, 2.45) is 16.8 Å². The Hall–Kier alpha value is -0.730. The molecule has 3 atom stereocenters. The maximum Gasteiger partial charge on any atom is 0.194 e. The number of rotatable bonds is 5. The Labute approximate surface area is 118 Å². The zero-order chi connectivity index (χ0) is 13.8. The van der Waals surface area contributed by atoms with Crippen LogP contribution in [0.3, 0.4) is 0 Å². The van der Waals surface area contributed by atoms with Gasteiger partial charge in [-0.15, -0.1) is 0 Å². The first kappa shape index (κ1) is 14.7. The first-order chi connectivity index (χ1) is 9.06. The molecule has 0 spiro atoms. The number of nitrogens with one attached hydrogen (secondary N) is 1. The number of hydrogen-bond donors (Lipinski definition) is 1. The molecule has 2 aliphatic heterocycles. The average Bonchev–Trinajstić information content (AvgIpc) is 2.71. The Morgan fingerprint density at radius 1 is 1.26 bits per heavy atom. The minimum atomic E-state index is 0.550. The van der Waals surface area contributed by atoms with E-state index in [1.807, 2.05) is 0 Å². The normalized spacial score (nSPS) is 28.3. The number of piperidine rings is 1. The van der Waals surface area contributed by atoms with Crippen LogP contribution in [0.1, 0.15) is 59.8 Å². The van der Waals surface area contributed by atoms with Crippen molar-refractivity contribution in [1.29, 1.82) is 0 Å². The number of aliphatic imine (C=N–C) groups is 1. The second-order valence-electron chi connectivity index (χ2n) is 7.02.